The molecule has 2 nitrogen and oxygen atoms in total. The molecule has 0 unspecified atom stereocenters. The van der Waals surface area contributed by atoms with E-state index in [1.54, 1.807) is 32.1 Å². The van der Waals surface area contributed by atoms with Crippen LogP contribution in [0.25, 0.3) is 10.6 Å². The van der Waals surface area contributed by atoms with Gasteiger partial charge in [0.2, 0.25) is 0 Å². The van der Waals surface area contributed by atoms with Crippen molar-refractivity contribution in [1.82, 2.24) is 0 Å². The van der Waals surface area contributed by atoms with Crippen molar-refractivity contribution in [3.05, 3.63) is 57.0 Å². The summed E-state index contributed by atoms with van der Waals surface area (Å²) in [5.74, 6) is 0. The molecule has 0 bridgehead atoms. The minimum absolute atomic E-state index is 0.292. The number of allylic oxidation sites excluding steroid dienone is 6. The zero-order valence-electron chi connectivity index (χ0n) is 13.7. The first-order chi connectivity index (χ1) is 8.90. The van der Waals surface area contributed by atoms with Crippen LogP contribution in [-0.2, 0) is 19.2 Å². The van der Waals surface area contributed by atoms with Crippen LogP contribution in [0.4, 0.5) is 0 Å². The summed E-state index contributed by atoms with van der Waals surface area (Å²) in [6.07, 6.45) is 7.88. The Bertz CT molecular complexity index is 264. The van der Waals surface area contributed by atoms with Crippen LogP contribution in [0.15, 0.2) is 46.4 Å². The normalized spacial score (nSPS) is 10.4. The summed E-state index contributed by atoms with van der Waals surface area (Å²) in [7, 11) is 7.00. The van der Waals surface area contributed by atoms with E-state index in [1.165, 1.54) is 6.42 Å². The predicted molar refractivity (Wildman–Crippen MR) is 87.7 cm³/mol. The molecule has 3 heteroatoms. The summed E-state index contributed by atoms with van der Waals surface area (Å²) in [6, 6.07) is 0. The van der Waals surface area contributed by atoms with Crippen molar-refractivity contribution >= 4 is 0 Å². The first-order valence-corrected chi connectivity index (χ1v) is 8.56. The Balaban J connectivity index is -0.000000195. The Morgan fingerprint density at radius 1 is 1.05 bits per heavy atom. The molecule has 0 aromatic heterocycles. The molecule has 0 radical (unpaired) electrons. The van der Waals surface area contributed by atoms with Crippen molar-refractivity contribution < 1.29 is 19.2 Å². The first-order valence-electron chi connectivity index (χ1n) is 6.21. The van der Waals surface area contributed by atoms with Gasteiger partial charge in [0.1, 0.15) is 0 Å². The zero-order valence-corrected chi connectivity index (χ0v) is 15.3. The van der Waals surface area contributed by atoms with Gasteiger partial charge in [-0.3, -0.25) is 0 Å². The standard InChI is InChI=1S/C6H10.C5H5.2C2H6N.CH3.Ti/c1-5(2)6(3)4;1-2-4-5-3-1;2*1-3-2;;/h1,3H2,2,4H3;1-3H,4H2;2*1-2H3;1H3;/q;;2*-1;;+2. The van der Waals surface area contributed by atoms with Gasteiger partial charge in [0, 0.05) is 0 Å². The molecule has 0 fully saturated rings. The van der Waals surface area contributed by atoms with E-state index in [9.17, 15) is 0 Å². The first kappa shape index (κ1) is 23.7. The molecule has 1 rings (SSSR count). The van der Waals surface area contributed by atoms with Crippen molar-refractivity contribution in [3.8, 4) is 0 Å². The molecule has 1 aliphatic carbocycles. The molecular formula is C16H30N2Ti. The van der Waals surface area contributed by atoms with E-state index in [4.69, 9.17) is 0 Å². The number of hydrogen-bond donors (Lipinski definition) is 0. The number of nitrogens with zero attached hydrogens (tertiary/aromatic N) is 2. The van der Waals surface area contributed by atoms with Gasteiger partial charge in [-0.15, -0.1) is 0 Å². The second kappa shape index (κ2) is 19.9. The van der Waals surface area contributed by atoms with Gasteiger partial charge in [-0.05, 0) is 13.8 Å². The monoisotopic (exact) mass is 298 g/mol. The van der Waals surface area contributed by atoms with Gasteiger partial charge in [-0.2, -0.15) is 28.2 Å². The molecule has 0 spiro atoms. The topological polar surface area (TPSA) is 28.2 Å². The van der Waals surface area contributed by atoms with Crippen LogP contribution < -0.4 is 0 Å². The molecule has 108 valence electrons. The molecule has 0 heterocycles. The van der Waals surface area contributed by atoms with E-state index in [-0.39, 0.29) is 0 Å². The van der Waals surface area contributed by atoms with Gasteiger partial charge in [0.25, 0.3) is 0 Å². The van der Waals surface area contributed by atoms with E-state index in [0.29, 0.717) is 19.2 Å². The van der Waals surface area contributed by atoms with Gasteiger partial charge < -0.3 is 10.6 Å². The molecule has 0 saturated heterocycles. The maximum atomic E-state index is 3.66. The summed E-state index contributed by atoms with van der Waals surface area (Å²) in [4.78, 5) is 0. The van der Waals surface area contributed by atoms with Gasteiger partial charge >= 0.3 is 52.9 Å². The quantitative estimate of drug-likeness (QED) is 0.486. The van der Waals surface area contributed by atoms with Crippen LogP contribution in [0.1, 0.15) is 20.3 Å². The maximum absolute atomic E-state index is 3.66. The second-order valence-electron chi connectivity index (χ2n) is 4.03. The van der Waals surface area contributed by atoms with Crippen molar-refractivity contribution in [1.29, 1.82) is 0 Å². The zero-order chi connectivity index (χ0) is 15.7. The van der Waals surface area contributed by atoms with Gasteiger partial charge in [0.05, 0.1) is 0 Å². The molecule has 1 aliphatic rings. The van der Waals surface area contributed by atoms with Crippen LogP contribution in [0.5, 0.6) is 0 Å². The van der Waals surface area contributed by atoms with Crippen molar-refractivity contribution in [2.45, 2.75) is 25.5 Å². The fraction of sp³-hybridized carbons (Fsp3) is 0.500. The molecule has 0 aromatic carbocycles. The average molecular weight is 298 g/mol. The Hall–Kier alpha value is -0.406. The number of hydrogen-bond acceptors (Lipinski definition) is 0. The summed E-state index contributed by atoms with van der Waals surface area (Å²) < 4.78 is 1.68. The summed E-state index contributed by atoms with van der Waals surface area (Å²) >= 11 is 0.292. The summed E-state index contributed by atoms with van der Waals surface area (Å²) in [6.45, 7) is 11.2. The van der Waals surface area contributed by atoms with E-state index < -0.39 is 0 Å². The van der Waals surface area contributed by atoms with Crippen LogP contribution in [0, 0.1) is 0 Å². The summed E-state index contributed by atoms with van der Waals surface area (Å²) in [5.41, 5.74) is 2.13. The van der Waals surface area contributed by atoms with Gasteiger partial charge in [0.15, 0.2) is 0 Å². The van der Waals surface area contributed by atoms with Crippen LogP contribution in [0.2, 0.25) is 5.23 Å². The third-order valence-corrected chi connectivity index (χ3v) is 3.40. The molecule has 0 amide bonds. The Labute approximate surface area is 130 Å². The van der Waals surface area contributed by atoms with E-state index in [2.05, 4.69) is 47.2 Å². The Morgan fingerprint density at radius 2 is 1.42 bits per heavy atom. The predicted octanol–water partition coefficient (Wildman–Crippen LogP) is 5.34. The molecular weight excluding hydrogens is 268 g/mol. The SMILES string of the molecule is C=C(C)C(=C)C.C[N-]C.C[N-]C.[CH3][Ti+2][C]1=CC=CC1. The third kappa shape index (κ3) is 27.0. The Kier molecular flexibility index (Phi) is 24.8. The fourth-order valence-corrected chi connectivity index (χ4v) is 1.55. The van der Waals surface area contributed by atoms with E-state index >= 15 is 0 Å². The molecule has 0 aromatic rings. The fourth-order valence-electron chi connectivity index (χ4n) is 0.633. The molecule has 19 heavy (non-hydrogen) atoms. The molecule has 0 N–H and O–H groups in total. The molecule has 0 aliphatic heterocycles. The van der Waals surface area contributed by atoms with Crippen LogP contribution in [0.3, 0.4) is 0 Å². The van der Waals surface area contributed by atoms with Crippen LogP contribution in [-0.4, -0.2) is 28.2 Å². The minimum atomic E-state index is 0.292. The van der Waals surface area contributed by atoms with Gasteiger partial charge in [-0.25, -0.2) is 0 Å². The second-order valence-corrected chi connectivity index (χ2v) is 5.81. The third-order valence-electron chi connectivity index (χ3n) is 1.82. The van der Waals surface area contributed by atoms with Crippen molar-refractivity contribution in [2.24, 2.45) is 0 Å². The molecule has 0 atom stereocenters. The van der Waals surface area contributed by atoms with Crippen molar-refractivity contribution in [3.63, 3.8) is 0 Å². The Morgan fingerprint density at radius 3 is 1.53 bits per heavy atom. The molecule has 0 saturated carbocycles. The van der Waals surface area contributed by atoms with E-state index in [1.807, 2.05) is 13.8 Å². The summed E-state index contributed by atoms with van der Waals surface area (Å²) in [5, 5.41) is 9.32. The van der Waals surface area contributed by atoms with E-state index in [0.717, 1.165) is 11.1 Å². The van der Waals surface area contributed by atoms with Gasteiger partial charge in [-0.1, -0.05) is 24.3 Å². The van der Waals surface area contributed by atoms with Crippen molar-refractivity contribution in [2.75, 3.05) is 28.2 Å². The van der Waals surface area contributed by atoms with Crippen LogP contribution >= 0.6 is 0 Å². The number of rotatable bonds is 2. The average Bonchev–Trinajstić information content (AvgIpc) is 2.84.